The van der Waals surface area contributed by atoms with Crippen molar-refractivity contribution in [2.75, 3.05) is 13.7 Å². The number of hydrogen-bond acceptors (Lipinski definition) is 3. The number of hydrogen-bond donors (Lipinski definition) is 1. The normalized spacial score (nSPS) is 13.2. The van der Waals surface area contributed by atoms with Gasteiger partial charge in [0.15, 0.2) is 18.2 Å². The zero-order valence-electron chi connectivity index (χ0n) is 14.4. The minimum absolute atomic E-state index is 0.201. The van der Waals surface area contributed by atoms with E-state index in [-0.39, 0.29) is 12.5 Å². The molecule has 2 aromatic carbocycles. The fraction of sp³-hybridized carbons (Fsp3) is 0.316. The van der Waals surface area contributed by atoms with Crippen molar-refractivity contribution in [3.05, 3.63) is 65.2 Å². The molecule has 0 saturated carbocycles. The molecular weight excluding hydrogens is 328 g/mol. The van der Waals surface area contributed by atoms with Crippen LogP contribution in [0.3, 0.4) is 0 Å². The Bertz CT molecular complexity index is 749. The van der Waals surface area contributed by atoms with Crippen LogP contribution in [0.2, 0.25) is 0 Å². The first-order chi connectivity index (χ1) is 11.8. The van der Waals surface area contributed by atoms with Crippen LogP contribution in [-0.4, -0.2) is 29.6 Å². The van der Waals surface area contributed by atoms with Crippen molar-refractivity contribution >= 4 is 5.91 Å². The highest BCUT2D eigenvalue weighted by Crippen LogP contribution is 2.22. The van der Waals surface area contributed by atoms with Gasteiger partial charge < -0.3 is 14.7 Å². The van der Waals surface area contributed by atoms with Crippen molar-refractivity contribution in [1.29, 1.82) is 0 Å². The van der Waals surface area contributed by atoms with Gasteiger partial charge in [0.1, 0.15) is 5.75 Å². The number of aliphatic hydroxyl groups is 1. The Balaban J connectivity index is 1.99. The molecule has 2 rings (SSSR count). The van der Waals surface area contributed by atoms with Gasteiger partial charge in [-0.05, 0) is 49.2 Å². The van der Waals surface area contributed by atoms with Gasteiger partial charge in [-0.3, -0.25) is 4.79 Å². The predicted molar refractivity (Wildman–Crippen MR) is 90.1 cm³/mol. The summed E-state index contributed by atoms with van der Waals surface area (Å²) in [6.07, 6.45) is -0.629. The van der Waals surface area contributed by atoms with E-state index in [1.54, 1.807) is 45.2 Å². The molecule has 0 saturated heterocycles. The highest BCUT2D eigenvalue weighted by Gasteiger charge is 2.19. The molecule has 0 aromatic heterocycles. The Labute approximate surface area is 145 Å². The summed E-state index contributed by atoms with van der Waals surface area (Å²) in [5.41, 5.74) is 1.18. The summed E-state index contributed by atoms with van der Waals surface area (Å²) in [5.74, 6) is -1.71. The Morgan fingerprint density at radius 1 is 1.12 bits per heavy atom. The zero-order chi connectivity index (χ0) is 18.6. The van der Waals surface area contributed by atoms with Gasteiger partial charge >= 0.3 is 0 Å². The lowest BCUT2D eigenvalue weighted by molar-refractivity contribution is -0.134. The summed E-state index contributed by atoms with van der Waals surface area (Å²) in [7, 11) is 1.57. The van der Waals surface area contributed by atoms with Crippen LogP contribution in [0, 0.1) is 11.6 Å². The van der Waals surface area contributed by atoms with Crippen LogP contribution >= 0.6 is 0 Å². The van der Waals surface area contributed by atoms with E-state index < -0.39 is 23.8 Å². The van der Waals surface area contributed by atoms with E-state index in [9.17, 15) is 18.7 Å². The lowest BCUT2D eigenvalue weighted by Gasteiger charge is -2.25. The number of amides is 1. The van der Waals surface area contributed by atoms with Crippen molar-refractivity contribution in [1.82, 2.24) is 4.90 Å². The molecule has 0 spiro atoms. The molecule has 6 heteroatoms. The molecule has 2 aromatic rings. The second kappa shape index (κ2) is 8.07. The van der Waals surface area contributed by atoms with Crippen LogP contribution in [0.25, 0.3) is 0 Å². The van der Waals surface area contributed by atoms with Crippen LogP contribution in [0.15, 0.2) is 42.5 Å². The van der Waals surface area contributed by atoms with Gasteiger partial charge in [-0.2, -0.15) is 0 Å². The third-order valence-electron chi connectivity index (χ3n) is 4.10. The van der Waals surface area contributed by atoms with E-state index in [2.05, 4.69) is 0 Å². The molecule has 0 heterocycles. The molecule has 134 valence electrons. The van der Waals surface area contributed by atoms with Gasteiger partial charge in [-0.15, -0.1) is 0 Å². The fourth-order valence-corrected chi connectivity index (χ4v) is 2.32. The first-order valence-corrected chi connectivity index (χ1v) is 7.91. The van der Waals surface area contributed by atoms with Gasteiger partial charge in [0.05, 0.1) is 12.1 Å². The third kappa shape index (κ3) is 4.76. The highest BCUT2D eigenvalue weighted by molar-refractivity contribution is 5.78. The van der Waals surface area contributed by atoms with Crippen LogP contribution in [0.4, 0.5) is 8.78 Å². The van der Waals surface area contributed by atoms with Crippen molar-refractivity contribution in [3.8, 4) is 5.75 Å². The van der Waals surface area contributed by atoms with Gasteiger partial charge in [0.25, 0.3) is 5.91 Å². The molecule has 1 N–H and O–H groups in total. The van der Waals surface area contributed by atoms with E-state index >= 15 is 0 Å². The first kappa shape index (κ1) is 18.9. The Morgan fingerprint density at radius 3 is 2.48 bits per heavy atom. The van der Waals surface area contributed by atoms with E-state index in [4.69, 9.17) is 4.74 Å². The van der Waals surface area contributed by atoms with Crippen LogP contribution < -0.4 is 4.74 Å². The molecule has 1 amide bonds. The second-order valence-electron chi connectivity index (χ2n) is 5.89. The lowest BCUT2D eigenvalue weighted by atomic mass is 10.1. The summed E-state index contributed by atoms with van der Waals surface area (Å²) in [5, 5.41) is 9.57. The fourth-order valence-electron chi connectivity index (χ4n) is 2.32. The van der Waals surface area contributed by atoms with Gasteiger partial charge in [0.2, 0.25) is 0 Å². The molecule has 0 fully saturated rings. The maximum Gasteiger partial charge on any atom is 0.260 e. The Hall–Kier alpha value is -2.47. The van der Waals surface area contributed by atoms with Crippen molar-refractivity contribution in [3.63, 3.8) is 0 Å². The molecule has 0 radical (unpaired) electrons. The quantitative estimate of drug-likeness (QED) is 0.867. The number of benzene rings is 2. The molecule has 4 nitrogen and oxygen atoms in total. The smallest absolute Gasteiger partial charge is 0.260 e. The van der Waals surface area contributed by atoms with Crippen LogP contribution in [-0.2, 0) is 4.79 Å². The van der Waals surface area contributed by atoms with E-state index in [1.807, 2.05) is 0 Å². The zero-order valence-corrected chi connectivity index (χ0v) is 14.4. The SMILES string of the molecule is C[C@H](O)c1cccc(OCC(=O)N(C)[C@@H](C)c2ccc(F)c(F)c2)c1. The molecule has 0 aliphatic rings. The number of likely N-dealkylation sites (N-methyl/N-ethyl adjacent to an activating group) is 1. The number of carbonyl (C=O) groups is 1. The molecule has 0 aliphatic carbocycles. The maximum absolute atomic E-state index is 13.4. The topological polar surface area (TPSA) is 49.8 Å². The van der Waals surface area contributed by atoms with E-state index in [1.165, 1.54) is 11.0 Å². The maximum atomic E-state index is 13.4. The lowest BCUT2D eigenvalue weighted by Crippen LogP contribution is -2.33. The number of ether oxygens (including phenoxy) is 1. The number of halogens is 2. The molecule has 25 heavy (non-hydrogen) atoms. The molecular formula is C19H21F2NO3. The standard InChI is InChI=1S/C19H21F2NO3/c1-12(14-7-8-17(20)18(21)10-14)22(3)19(24)11-25-16-6-4-5-15(9-16)13(2)23/h4-10,12-13,23H,11H2,1-3H3/t12-,13-/m0/s1. The average molecular weight is 349 g/mol. The molecule has 2 atom stereocenters. The predicted octanol–water partition coefficient (Wildman–Crippen LogP) is 3.62. The summed E-state index contributed by atoms with van der Waals surface area (Å²) < 4.78 is 31.9. The van der Waals surface area contributed by atoms with Gasteiger partial charge in [0, 0.05) is 7.05 Å². The minimum atomic E-state index is -0.948. The first-order valence-electron chi connectivity index (χ1n) is 7.91. The van der Waals surface area contributed by atoms with Crippen LogP contribution in [0.1, 0.15) is 37.1 Å². The molecule has 0 aliphatic heterocycles. The van der Waals surface area contributed by atoms with Gasteiger partial charge in [-0.25, -0.2) is 8.78 Å². The van der Waals surface area contributed by atoms with Crippen molar-refractivity contribution < 1.29 is 23.4 Å². The van der Waals surface area contributed by atoms with Crippen LogP contribution in [0.5, 0.6) is 5.75 Å². The number of rotatable bonds is 6. The summed E-state index contributed by atoms with van der Waals surface area (Å²) in [6, 6.07) is 9.98. The number of carbonyl (C=O) groups excluding carboxylic acids is 1. The van der Waals surface area contributed by atoms with E-state index in [0.717, 1.165) is 12.1 Å². The van der Waals surface area contributed by atoms with Crippen molar-refractivity contribution in [2.45, 2.75) is 26.0 Å². The average Bonchev–Trinajstić information content (AvgIpc) is 2.60. The summed E-state index contributed by atoms with van der Waals surface area (Å²) in [4.78, 5) is 13.7. The summed E-state index contributed by atoms with van der Waals surface area (Å²) >= 11 is 0. The van der Waals surface area contributed by atoms with E-state index in [0.29, 0.717) is 16.9 Å². The third-order valence-corrected chi connectivity index (χ3v) is 4.10. The molecule has 0 bridgehead atoms. The second-order valence-corrected chi connectivity index (χ2v) is 5.89. The molecule has 0 unspecified atom stereocenters. The monoisotopic (exact) mass is 349 g/mol. The largest absolute Gasteiger partial charge is 0.484 e. The number of nitrogens with zero attached hydrogens (tertiary/aromatic N) is 1. The Kier molecular flexibility index (Phi) is 6.09. The Morgan fingerprint density at radius 2 is 1.84 bits per heavy atom. The number of aliphatic hydroxyl groups excluding tert-OH is 1. The van der Waals surface area contributed by atoms with Gasteiger partial charge in [-0.1, -0.05) is 18.2 Å². The highest BCUT2D eigenvalue weighted by atomic mass is 19.2. The van der Waals surface area contributed by atoms with Crippen molar-refractivity contribution in [2.24, 2.45) is 0 Å². The summed E-state index contributed by atoms with van der Waals surface area (Å²) in [6.45, 7) is 3.16. The minimum Gasteiger partial charge on any atom is -0.484 e.